The molecule has 1 saturated carbocycles. The van der Waals surface area contributed by atoms with Crippen LogP contribution in [0.3, 0.4) is 0 Å². The average Bonchev–Trinajstić information content (AvgIpc) is 3.45. The number of hydrogen-bond acceptors (Lipinski definition) is 7. The zero-order valence-electron chi connectivity index (χ0n) is 17.5. The van der Waals surface area contributed by atoms with Crippen LogP contribution in [0.1, 0.15) is 62.0 Å². The summed E-state index contributed by atoms with van der Waals surface area (Å²) in [6.45, 7) is 2.50. The van der Waals surface area contributed by atoms with E-state index in [9.17, 15) is 23.2 Å². The van der Waals surface area contributed by atoms with Crippen LogP contribution in [0.5, 0.6) is 0 Å². The Labute approximate surface area is 177 Å². The smallest absolute Gasteiger partial charge is 0.315 e. The predicted octanol–water partition coefficient (Wildman–Crippen LogP) is 1.47. The van der Waals surface area contributed by atoms with E-state index in [4.69, 9.17) is 14.9 Å². The van der Waals surface area contributed by atoms with Crippen LogP contribution in [-0.4, -0.2) is 70.6 Å². The van der Waals surface area contributed by atoms with Gasteiger partial charge in [0.05, 0.1) is 31.2 Å². The van der Waals surface area contributed by atoms with Crippen LogP contribution < -0.4 is 11.1 Å². The van der Waals surface area contributed by atoms with E-state index in [1.165, 1.54) is 0 Å². The molecule has 1 saturated heterocycles. The highest BCUT2D eigenvalue weighted by molar-refractivity contribution is 5.98. The maximum atomic E-state index is 13.9. The van der Waals surface area contributed by atoms with E-state index >= 15 is 0 Å². The highest BCUT2D eigenvalue weighted by Crippen LogP contribution is 2.39. The molecule has 0 radical (unpaired) electrons. The maximum Gasteiger partial charge on any atom is 0.315 e. The largest absolute Gasteiger partial charge is 0.418 e. The van der Waals surface area contributed by atoms with Crippen molar-refractivity contribution in [1.82, 2.24) is 20.4 Å². The van der Waals surface area contributed by atoms with Crippen LogP contribution >= 0.6 is 0 Å². The van der Waals surface area contributed by atoms with E-state index in [0.717, 1.165) is 17.7 Å². The van der Waals surface area contributed by atoms with Gasteiger partial charge >= 0.3 is 6.03 Å². The summed E-state index contributed by atoms with van der Waals surface area (Å²) in [7, 11) is 0. The molecule has 1 aliphatic heterocycles. The quantitative estimate of drug-likeness (QED) is 0.551. The van der Waals surface area contributed by atoms with Crippen molar-refractivity contribution >= 4 is 17.7 Å². The van der Waals surface area contributed by atoms with Gasteiger partial charge in [0, 0.05) is 18.9 Å². The van der Waals surface area contributed by atoms with Crippen molar-refractivity contribution in [2.24, 2.45) is 11.7 Å². The first kappa shape index (κ1) is 23.0. The molecule has 12 heteroatoms. The molecule has 2 fully saturated rings. The van der Waals surface area contributed by atoms with E-state index < -0.39 is 48.1 Å². The number of nitrogens with zero attached hydrogens (tertiary/aromatic N) is 3. The topological polar surface area (TPSA) is 141 Å². The zero-order valence-corrected chi connectivity index (χ0v) is 17.5. The molecule has 0 aromatic carbocycles. The number of nitrogens with two attached hydrogens (primary N) is 1. The lowest BCUT2D eigenvalue weighted by Gasteiger charge is -2.39. The Hall–Kier alpha value is -2.63. The van der Waals surface area contributed by atoms with E-state index in [1.54, 1.807) is 6.92 Å². The molecule has 0 bridgehead atoms. The number of hydrogen-bond donors (Lipinski definition) is 2. The fourth-order valence-electron chi connectivity index (χ4n) is 3.63. The van der Waals surface area contributed by atoms with E-state index in [1.807, 2.05) is 0 Å². The number of aromatic nitrogens is 2. The van der Waals surface area contributed by atoms with Gasteiger partial charge < -0.3 is 25.1 Å². The lowest BCUT2D eigenvalue weighted by Crippen LogP contribution is -2.58. The van der Waals surface area contributed by atoms with Crippen molar-refractivity contribution in [3.63, 3.8) is 0 Å². The third kappa shape index (κ3) is 5.75. The molecule has 3 amide bonds. The number of ether oxygens (including phenoxy) is 1. The van der Waals surface area contributed by atoms with Gasteiger partial charge in [-0.05, 0) is 26.2 Å². The van der Waals surface area contributed by atoms with Crippen molar-refractivity contribution in [2.75, 3.05) is 19.8 Å². The molecule has 3 N–H and O–H groups in total. The number of nitrogens with one attached hydrogen (secondary N) is 1. The number of ketones is 1. The molecular formula is C19H27F2N5O5. The molecule has 10 nitrogen and oxygen atoms in total. The molecule has 0 spiro atoms. The van der Waals surface area contributed by atoms with E-state index in [-0.39, 0.29) is 38.0 Å². The molecule has 1 aliphatic carbocycles. The first-order chi connectivity index (χ1) is 14.6. The number of Topliss-reactive ketones (excluding diaryl/α,β-unsaturated/α-hetero) is 1. The summed E-state index contributed by atoms with van der Waals surface area (Å²) >= 11 is 0. The minimum atomic E-state index is -3.19. The molecule has 3 rings (SSSR count). The first-order valence-corrected chi connectivity index (χ1v) is 10.3. The maximum absolute atomic E-state index is 13.9. The van der Waals surface area contributed by atoms with Gasteiger partial charge in [0.1, 0.15) is 0 Å². The first-order valence-electron chi connectivity index (χ1n) is 10.3. The number of amides is 3. The second-order valence-electron chi connectivity index (χ2n) is 8.11. The number of primary amides is 1. The van der Waals surface area contributed by atoms with Crippen LogP contribution in [0.25, 0.3) is 0 Å². The highest BCUT2D eigenvalue weighted by atomic mass is 19.3. The van der Waals surface area contributed by atoms with Gasteiger partial charge in [-0.25, -0.2) is 13.6 Å². The van der Waals surface area contributed by atoms with Crippen LogP contribution in [0.2, 0.25) is 0 Å². The van der Waals surface area contributed by atoms with Gasteiger partial charge in [-0.1, -0.05) is 6.92 Å². The SMILES string of the molecule is CCC(NC(=O)[C@@H](CC(C)(F)F)C1COCCN1C(N)=O)C(=O)c1nnc(C2CC2)o1. The van der Waals surface area contributed by atoms with Crippen molar-refractivity contribution < 1.29 is 32.3 Å². The minimum absolute atomic E-state index is 0.0845. The summed E-state index contributed by atoms with van der Waals surface area (Å²) in [5.74, 6) is -5.62. The van der Waals surface area contributed by atoms with E-state index in [0.29, 0.717) is 12.8 Å². The van der Waals surface area contributed by atoms with Gasteiger partial charge in [-0.3, -0.25) is 9.59 Å². The van der Waals surface area contributed by atoms with Gasteiger partial charge in [0.25, 0.3) is 5.89 Å². The Morgan fingerprint density at radius 3 is 2.61 bits per heavy atom. The monoisotopic (exact) mass is 443 g/mol. The molecule has 2 heterocycles. The number of urea groups is 1. The Bertz CT molecular complexity index is 823. The Morgan fingerprint density at radius 2 is 2.03 bits per heavy atom. The lowest BCUT2D eigenvalue weighted by molar-refractivity contribution is -0.134. The van der Waals surface area contributed by atoms with Gasteiger partial charge in [-0.15, -0.1) is 10.2 Å². The van der Waals surface area contributed by atoms with Crippen molar-refractivity contribution in [3.8, 4) is 0 Å². The molecule has 172 valence electrons. The summed E-state index contributed by atoms with van der Waals surface area (Å²) in [6, 6.07) is -2.85. The third-order valence-electron chi connectivity index (χ3n) is 5.45. The van der Waals surface area contributed by atoms with Gasteiger partial charge in [0.15, 0.2) is 0 Å². The molecule has 1 aromatic heterocycles. The Balaban J connectivity index is 1.76. The molecule has 1 aromatic rings. The molecular weight excluding hydrogens is 416 g/mol. The van der Waals surface area contributed by atoms with Crippen LogP contribution in [0.4, 0.5) is 13.6 Å². The number of rotatable bonds is 9. The number of carbonyl (C=O) groups is 3. The second kappa shape index (κ2) is 9.25. The molecule has 31 heavy (non-hydrogen) atoms. The van der Waals surface area contributed by atoms with Crippen LogP contribution in [-0.2, 0) is 9.53 Å². The number of halogens is 2. The summed E-state index contributed by atoms with van der Waals surface area (Å²) in [5.41, 5.74) is 5.37. The fourth-order valence-corrected chi connectivity index (χ4v) is 3.63. The number of carbonyl (C=O) groups excluding carboxylic acids is 3. The minimum Gasteiger partial charge on any atom is -0.418 e. The van der Waals surface area contributed by atoms with Gasteiger partial charge in [0.2, 0.25) is 23.5 Å². The second-order valence-corrected chi connectivity index (χ2v) is 8.11. The highest BCUT2D eigenvalue weighted by Gasteiger charge is 2.43. The van der Waals surface area contributed by atoms with Crippen molar-refractivity contribution in [2.45, 2.75) is 63.5 Å². The van der Waals surface area contributed by atoms with Crippen molar-refractivity contribution in [3.05, 3.63) is 11.8 Å². The predicted molar refractivity (Wildman–Crippen MR) is 102 cm³/mol. The molecule has 2 unspecified atom stereocenters. The zero-order chi connectivity index (χ0) is 22.8. The Kier molecular flexibility index (Phi) is 6.87. The molecule has 2 aliphatic rings. The van der Waals surface area contributed by atoms with Gasteiger partial charge in [-0.2, -0.15) is 0 Å². The summed E-state index contributed by atoms with van der Waals surface area (Å²) in [5, 5.41) is 10.1. The number of alkyl halides is 2. The number of morpholine rings is 1. The fraction of sp³-hybridized carbons (Fsp3) is 0.737. The summed E-state index contributed by atoms with van der Waals surface area (Å²) < 4.78 is 38.5. The van der Waals surface area contributed by atoms with Crippen LogP contribution in [0.15, 0.2) is 4.42 Å². The summed E-state index contributed by atoms with van der Waals surface area (Å²) in [4.78, 5) is 38.7. The Morgan fingerprint density at radius 1 is 1.32 bits per heavy atom. The van der Waals surface area contributed by atoms with E-state index in [2.05, 4.69) is 15.5 Å². The standard InChI is InChI=1S/C19H27F2N5O5/c1-3-12(14(27)17-25-24-16(31-17)10-4-5-10)23-15(28)11(8-19(2,20)21)13-9-30-7-6-26(13)18(22)29/h10-13H,3-9H2,1-2H3,(H2,22,29)(H,23,28)/t11-,12?,13?/m0/s1. The summed E-state index contributed by atoms with van der Waals surface area (Å²) in [6.07, 6.45) is 1.17. The third-order valence-corrected chi connectivity index (χ3v) is 5.45. The molecule has 3 atom stereocenters. The van der Waals surface area contributed by atoms with Crippen LogP contribution in [0, 0.1) is 5.92 Å². The van der Waals surface area contributed by atoms with Crippen molar-refractivity contribution in [1.29, 1.82) is 0 Å². The normalized spacial score (nSPS) is 21.4. The average molecular weight is 443 g/mol. The lowest BCUT2D eigenvalue weighted by atomic mass is 9.90.